The van der Waals surface area contributed by atoms with E-state index in [1.807, 2.05) is 0 Å². The zero-order valence-electron chi connectivity index (χ0n) is 10.6. The van der Waals surface area contributed by atoms with Gasteiger partial charge in [0, 0.05) is 5.56 Å². The molecule has 0 aromatic heterocycles. The van der Waals surface area contributed by atoms with Crippen LogP contribution in [-0.4, -0.2) is 40.6 Å². The fraction of sp³-hybridized carbons (Fsp3) is 0.364. The molecule has 1 aromatic carbocycles. The lowest BCUT2D eigenvalue weighted by Gasteiger charge is -2.23. The van der Waals surface area contributed by atoms with E-state index in [-0.39, 0.29) is 6.54 Å². The summed E-state index contributed by atoms with van der Waals surface area (Å²) >= 11 is 0. The third-order valence-electron chi connectivity index (χ3n) is 2.40. The van der Waals surface area contributed by atoms with Crippen LogP contribution in [0.3, 0.4) is 0 Å². The molecule has 0 heterocycles. The van der Waals surface area contributed by atoms with E-state index in [2.05, 4.69) is 4.74 Å². The minimum Gasteiger partial charge on any atom is -0.406 e. The van der Waals surface area contributed by atoms with Gasteiger partial charge < -0.3 is 14.9 Å². The van der Waals surface area contributed by atoms with Crippen molar-refractivity contribution in [2.24, 2.45) is 5.84 Å². The molecule has 0 aliphatic heterocycles. The molecule has 0 amide bonds. The Morgan fingerprint density at radius 1 is 1.43 bits per heavy atom. The Kier molecular flexibility index (Phi) is 5.47. The normalized spacial score (nSPS) is 12.9. The van der Waals surface area contributed by atoms with E-state index in [0.717, 1.165) is 6.07 Å². The number of hydrogen-bond donors (Lipinski definition) is 4. The highest BCUT2D eigenvalue weighted by atomic mass is 19.4. The number of halogens is 4. The molecular weight excluding hydrogens is 298 g/mol. The number of amidine groups is 1. The minimum atomic E-state index is -4.97. The molecule has 1 rings (SSSR count). The van der Waals surface area contributed by atoms with Gasteiger partial charge in [-0.1, -0.05) is 0 Å². The Morgan fingerprint density at radius 2 is 2.05 bits per heavy atom. The van der Waals surface area contributed by atoms with Gasteiger partial charge in [-0.05, 0) is 18.2 Å². The Labute approximate surface area is 116 Å². The molecule has 0 aliphatic carbocycles. The highest BCUT2D eigenvalue weighted by molar-refractivity contribution is 5.84. The van der Waals surface area contributed by atoms with Crippen LogP contribution in [-0.2, 0) is 0 Å². The second-order valence-corrected chi connectivity index (χ2v) is 3.94. The molecule has 1 atom stereocenters. The van der Waals surface area contributed by atoms with Crippen molar-refractivity contribution < 1.29 is 32.5 Å². The third kappa shape index (κ3) is 4.85. The highest BCUT2D eigenvalue weighted by Crippen LogP contribution is 2.28. The van der Waals surface area contributed by atoms with E-state index in [1.165, 1.54) is 0 Å². The number of rotatable bonds is 5. The van der Waals surface area contributed by atoms with Crippen LogP contribution in [0.15, 0.2) is 18.2 Å². The summed E-state index contributed by atoms with van der Waals surface area (Å²) in [5.41, 5.74) is -0.602. The number of benzene rings is 1. The first-order valence-corrected chi connectivity index (χ1v) is 5.60. The monoisotopic (exact) mass is 311 g/mol. The van der Waals surface area contributed by atoms with Gasteiger partial charge in [-0.3, -0.25) is 10.4 Å². The second kappa shape index (κ2) is 6.70. The zero-order chi connectivity index (χ0) is 16.2. The standard InChI is InChI=1S/C11H13F4N3O3/c12-8-2-1-6(21-11(13,14)15)5-7(8)9(20)10(16)18(17)3-4-19/h1-2,5,9,16,19-20H,3-4,17H2. The molecule has 118 valence electrons. The lowest BCUT2D eigenvalue weighted by Crippen LogP contribution is -2.42. The molecule has 0 bridgehead atoms. The molecule has 0 saturated carbocycles. The van der Waals surface area contributed by atoms with Crippen LogP contribution in [0.4, 0.5) is 17.6 Å². The van der Waals surface area contributed by atoms with Crippen molar-refractivity contribution in [1.82, 2.24) is 5.01 Å². The van der Waals surface area contributed by atoms with Crippen molar-refractivity contribution in [2.75, 3.05) is 13.2 Å². The number of hydrazine groups is 1. The van der Waals surface area contributed by atoms with Gasteiger partial charge in [-0.2, -0.15) is 0 Å². The van der Waals surface area contributed by atoms with Gasteiger partial charge in [0.15, 0.2) is 0 Å². The first-order valence-electron chi connectivity index (χ1n) is 5.60. The number of aliphatic hydroxyl groups excluding tert-OH is 2. The maximum Gasteiger partial charge on any atom is 0.573 e. The highest BCUT2D eigenvalue weighted by Gasteiger charge is 2.32. The molecule has 0 saturated heterocycles. The second-order valence-electron chi connectivity index (χ2n) is 3.94. The van der Waals surface area contributed by atoms with E-state index in [4.69, 9.17) is 16.4 Å². The van der Waals surface area contributed by atoms with Crippen molar-refractivity contribution in [1.29, 1.82) is 5.41 Å². The summed E-state index contributed by atoms with van der Waals surface area (Å²) in [5, 5.41) is 26.6. The molecule has 5 N–H and O–H groups in total. The number of hydrogen-bond acceptors (Lipinski definition) is 5. The Balaban J connectivity index is 3.00. The molecular formula is C11H13F4N3O3. The number of nitrogens with zero attached hydrogens (tertiary/aromatic N) is 1. The van der Waals surface area contributed by atoms with E-state index >= 15 is 0 Å². The molecule has 1 unspecified atom stereocenters. The third-order valence-corrected chi connectivity index (χ3v) is 2.40. The van der Waals surface area contributed by atoms with Crippen molar-refractivity contribution >= 4 is 5.84 Å². The number of aliphatic hydroxyl groups is 2. The van der Waals surface area contributed by atoms with E-state index in [0.29, 0.717) is 17.1 Å². The van der Waals surface area contributed by atoms with Crippen LogP contribution in [0.1, 0.15) is 11.7 Å². The predicted molar refractivity (Wildman–Crippen MR) is 63.7 cm³/mol. The predicted octanol–water partition coefficient (Wildman–Crippen LogP) is 0.903. The van der Waals surface area contributed by atoms with Gasteiger partial charge in [0.1, 0.15) is 23.5 Å². The summed E-state index contributed by atoms with van der Waals surface area (Å²) in [6.07, 6.45) is -6.87. The Bertz CT molecular complexity index is 510. The first kappa shape index (κ1) is 17.1. The maximum atomic E-state index is 13.6. The molecule has 1 aromatic rings. The van der Waals surface area contributed by atoms with Gasteiger partial charge in [0.25, 0.3) is 0 Å². The molecule has 0 radical (unpaired) electrons. The quantitative estimate of drug-likeness (QED) is 0.213. The average Bonchev–Trinajstić information content (AvgIpc) is 2.38. The van der Waals surface area contributed by atoms with Gasteiger partial charge in [0.2, 0.25) is 0 Å². The fourth-order valence-electron chi connectivity index (χ4n) is 1.46. The van der Waals surface area contributed by atoms with Crippen molar-refractivity contribution in [3.63, 3.8) is 0 Å². The van der Waals surface area contributed by atoms with E-state index in [9.17, 15) is 22.7 Å². The van der Waals surface area contributed by atoms with Crippen LogP contribution in [0.2, 0.25) is 0 Å². The summed E-state index contributed by atoms with van der Waals surface area (Å²) in [6.45, 7) is -0.637. The molecule has 0 spiro atoms. The van der Waals surface area contributed by atoms with Crippen LogP contribution in [0, 0.1) is 11.2 Å². The Hall–Kier alpha value is -1.91. The van der Waals surface area contributed by atoms with Crippen LogP contribution in [0.25, 0.3) is 0 Å². The van der Waals surface area contributed by atoms with Gasteiger partial charge >= 0.3 is 6.36 Å². The minimum absolute atomic E-state index is 0.212. The smallest absolute Gasteiger partial charge is 0.406 e. The Morgan fingerprint density at radius 3 is 2.57 bits per heavy atom. The maximum absolute atomic E-state index is 13.6. The van der Waals surface area contributed by atoms with Crippen LogP contribution < -0.4 is 10.6 Å². The molecule has 6 nitrogen and oxygen atoms in total. The topological polar surface area (TPSA) is 103 Å². The van der Waals surface area contributed by atoms with Crippen LogP contribution >= 0.6 is 0 Å². The lowest BCUT2D eigenvalue weighted by molar-refractivity contribution is -0.274. The average molecular weight is 311 g/mol. The lowest BCUT2D eigenvalue weighted by atomic mass is 10.1. The number of nitrogens with one attached hydrogen (secondary N) is 1. The largest absolute Gasteiger partial charge is 0.573 e. The molecule has 21 heavy (non-hydrogen) atoms. The van der Waals surface area contributed by atoms with Gasteiger partial charge in [-0.25, -0.2) is 10.2 Å². The van der Waals surface area contributed by atoms with Gasteiger partial charge in [-0.15, -0.1) is 13.2 Å². The molecule has 0 fully saturated rings. The number of alkyl halides is 3. The summed E-state index contributed by atoms with van der Waals surface area (Å²) < 4.78 is 53.4. The summed E-state index contributed by atoms with van der Waals surface area (Å²) in [5.74, 6) is 2.86. The zero-order valence-corrected chi connectivity index (χ0v) is 10.6. The number of ether oxygens (including phenoxy) is 1. The molecule has 0 aliphatic rings. The summed E-state index contributed by atoms with van der Waals surface area (Å²) in [6, 6.07) is 2.02. The van der Waals surface area contributed by atoms with E-state index < -0.39 is 42.0 Å². The first-order chi connectivity index (χ1) is 9.65. The fourth-order valence-corrected chi connectivity index (χ4v) is 1.46. The van der Waals surface area contributed by atoms with Crippen molar-refractivity contribution in [2.45, 2.75) is 12.5 Å². The van der Waals surface area contributed by atoms with Crippen molar-refractivity contribution in [3.05, 3.63) is 29.6 Å². The number of nitrogens with two attached hydrogens (primary N) is 1. The molecule has 10 heteroatoms. The van der Waals surface area contributed by atoms with E-state index in [1.54, 1.807) is 0 Å². The van der Waals surface area contributed by atoms with Crippen molar-refractivity contribution in [3.8, 4) is 5.75 Å². The van der Waals surface area contributed by atoms with Gasteiger partial charge in [0.05, 0.1) is 13.2 Å². The SMILES string of the molecule is N=C(C(O)c1cc(OC(F)(F)F)ccc1F)N(N)CCO. The summed E-state index contributed by atoms with van der Waals surface area (Å²) in [4.78, 5) is 0. The summed E-state index contributed by atoms with van der Waals surface area (Å²) in [7, 11) is 0. The van der Waals surface area contributed by atoms with Crippen LogP contribution in [0.5, 0.6) is 5.75 Å².